The van der Waals surface area contributed by atoms with Crippen molar-refractivity contribution in [3.63, 3.8) is 0 Å². The van der Waals surface area contributed by atoms with Crippen molar-refractivity contribution in [1.82, 2.24) is 4.98 Å². The average Bonchev–Trinajstić information content (AvgIpc) is 2.73. The highest BCUT2D eigenvalue weighted by molar-refractivity contribution is 6.30. The number of pyridine rings is 1. The Morgan fingerprint density at radius 1 is 1.62 bits per heavy atom. The summed E-state index contributed by atoms with van der Waals surface area (Å²) >= 11 is 5.73. The van der Waals surface area contributed by atoms with Gasteiger partial charge in [0.25, 0.3) is 0 Å². The van der Waals surface area contributed by atoms with Gasteiger partial charge in [0.1, 0.15) is 0 Å². The minimum Gasteiger partial charge on any atom is -0.481 e. The van der Waals surface area contributed by atoms with E-state index in [-0.39, 0.29) is 5.92 Å². The molecule has 1 N–H and O–H groups in total. The van der Waals surface area contributed by atoms with Gasteiger partial charge in [0.2, 0.25) is 5.95 Å². The molecule has 86 valence electrons. The fraction of sp³-hybridized carbons (Fsp3) is 0.455. The summed E-state index contributed by atoms with van der Waals surface area (Å²) in [6, 6.07) is 1.46. The average molecular weight is 244 g/mol. The molecule has 1 fully saturated rings. The molecule has 0 amide bonds. The predicted molar refractivity (Wildman–Crippen MR) is 56.9 cm³/mol. The van der Waals surface area contributed by atoms with Crippen molar-refractivity contribution in [3.8, 4) is 0 Å². The molecule has 2 rings (SSSR count). The molecule has 3 nitrogen and oxygen atoms in total. The zero-order valence-electron chi connectivity index (χ0n) is 8.87. The van der Waals surface area contributed by atoms with Crippen molar-refractivity contribution in [2.75, 3.05) is 0 Å². The third-order valence-corrected chi connectivity index (χ3v) is 3.47. The lowest BCUT2D eigenvalue weighted by Gasteiger charge is -2.03. The minimum absolute atomic E-state index is 0.296. The maximum Gasteiger partial charge on any atom is 0.307 e. The second kappa shape index (κ2) is 3.42. The Labute approximate surface area is 97.3 Å². The van der Waals surface area contributed by atoms with Crippen LogP contribution in [0.2, 0.25) is 5.02 Å². The summed E-state index contributed by atoms with van der Waals surface area (Å²) in [6.07, 6.45) is 1.21. The van der Waals surface area contributed by atoms with Crippen LogP contribution in [0.3, 0.4) is 0 Å². The Kier molecular flexibility index (Phi) is 2.42. The standard InChI is InChI=1S/C11H11ClFNO2/c1-11(2)7(8(11)10(15)16)6-3-5(12)4-14-9(6)13/h3-4,7-8H,1-2H3,(H,15,16)/t7-,8+/m1/s1. The Morgan fingerprint density at radius 3 is 2.75 bits per heavy atom. The number of nitrogens with zero attached hydrogens (tertiary/aromatic N) is 1. The van der Waals surface area contributed by atoms with E-state index >= 15 is 0 Å². The number of halogens is 2. The zero-order chi connectivity index (χ0) is 12.1. The van der Waals surface area contributed by atoms with E-state index in [1.54, 1.807) is 13.8 Å². The first-order valence-corrected chi connectivity index (χ1v) is 5.27. The molecule has 2 atom stereocenters. The van der Waals surface area contributed by atoms with Gasteiger partial charge in [-0.25, -0.2) is 4.98 Å². The smallest absolute Gasteiger partial charge is 0.307 e. The molecule has 0 spiro atoms. The monoisotopic (exact) mass is 243 g/mol. The van der Waals surface area contributed by atoms with Crippen LogP contribution in [0.5, 0.6) is 0 Å². The topological polar surface area (TPSA) is 50.2 Å². The van der Waals surface area contributed by atoms with E-state index in [1.807, 2.05) is 0 Å². The molecule has 16 heavy (non-hydrogen) atoms. The molecule has 0 aliphatic heterocycles. The lowest BCUT2D eigenvalue weighted by molar-refractivity contribution is -0.139. The predicted octanol–water partition coefficient (Wildman–Crippen LogP) is 2.70. The highest BCUT2D eigenvalue weighted by Crippen LogP contribution is 2.64. The van der Waals surface area contributed by atoms with Crippen LogP contribution >= 0.6 is 11.6 Å². The first-order valence-electron chi connectivity index (χ1n) is 4.89. The lowest BCUT2D eigenvalue weighted by atomic mass is 10.0. The largest absolute Gasteiger partial charge is 0.481 e. The third-order valence-electron chi connectivity index (χ3n) is 3.26. The van der Waals surface area contributed by atoms with E-state index in [2.05, 4.69) is 4.98 Å². The van der Waals surface area contributed by atoms with Crippen LogP contribution in [0.25, 0.3) is 0 Å². The van der Waals surface area contributed by atoms with Crippen molar-refractivity contribution < 1.29 is 14.3 Å². The number of carboxylic acids is 1. The maximum atomic E-state index is 13.5. The van der Waals surface area contributed by atoms with Crippen LogP contribution in [0.1, 0.15) is 25.3 Å². The quantitative estimate of drug-likeness (QED) is 0.813. The van der Waals surface area contributed by atoms with Crippen molar-refractivity contribution in [2.45, 2.75) is 19.8 Å². The Bertz CT molecular complexity index is 461. The molecular weight excluding hydrogens is 233 g/mol. The summed E-state index contributed by atoms with van der Waals surface area (Å²) in [7, 11) is 0. The van der Waals surface area contributed by atoms with Gasteiger partial charge in [0, 0.05) is 17.7 Å². The molecule has 1 heterocycles. The van der Waals surface area contributed by atoms with Crippen LogP contribution in [0, 0.1) is 17.3 Å². The molecular formula is C11H11ClFNO2. The molecule has 1 aliphatic carbocycles. The first-order chi connectivity index (χ1) is 7.35. The van der Waals surface area contributed by atoms with Crippen LogP contribution in [-0.2, 0) is 4.79 Å². The number of carbonyl (C=O) groups is 1. The van der Waals surface area contributed by atoms with Gasteiger partial charge < -0.3 is 5.11 Å². The van der Waals surface area contributed by atoms with Gasteiger partial charge in [-0.3, -0.25) is 4.79 Å². The van der Waals surface area contributed by atoms with E-state index in [4.69, 9.17) is 16.7 Å². The Balaban J connectivity index is 2.40. The number of carboxylic acid groups (broad SMARTS) is 1. The SMILES string of the molecule is CC1(C)[C@H](C(=O)O)[C@H]1c1cc(Cl)cnc1F. The third kappa shape index (κ3) is 1.57. The first kappa shape index (κ1) is 11.3. The molecule has 0 unspecified atom stereocenters. The molecule has 0 bridgehead atoms. The number of hydrogen-bond acceptors (Lipinski definition) is 2. The number of aliphatic carboxylic acids is 1. The van der Waals surface area contributed by atoms with Gasteiger partial charge in [0.15, 0.2) is 0 Å². The van der Waals surface area contributed by atoms with Gasteiger partial charge in [-0.1, -0.05) is 25.4 Å². The van der Waals surface area contributed by atoms with Crippen LogP contribution < -0.4 is 0 Å². The zero-order valence-corrected chi connectivity index (χ0v) is 9.62. The maximum absolute atomic E-state index is 13.5. The molecule has 5 heteroatoms. The molecule has 1 aromatic rings. The van der Waals surface area contributed by atoms with Crippen molar-refractivity contribution in [2.24, 2.45) is 11.3 Å². The van der Waals surface area contributed by atoms with E-state index in [0.717, 1.165) is 0 Å². The lowest BCUT2D eigenvalue weighted by Crippen LogP contribution is -2.03. The van der Waals surface area contributed by atoms with Gasteiger partial charge in [-0.2, -0.15) is 4.39 Å². The summed E-state index contributed by atoms with van der Waals surface area (Å²) in [4.78, 5) is 14.5. The fourth-order valence-corrected chi connectivity index (χ4v) is 2.50. The van der Waals surface area contributed by atoms with Crippen molar-refractivity contribution in [3.05, 3.63) is 28.8 Å². The Morgan fingerprint density at radius 2 is 2.25 bits per heavy atom. The second-order valence-electron chi connectivity index (χ2n) is 4.65. The van der Waals surface area contributed by atoms with Gasteiger partial charge >= 0.3 is 5.97 Å². The van der Waals surface area contributed by atoms with Crippen LogP contribution in [0.15, 0.2) is 12.3 Å². The van der Waals surface area contributed by atoms with Crippen molar-refractivity contribution in [1.29, 1.82) is 0 Å². The number of hydrogen-bond donors (Lipinski definition) is 1. The second-order valence-corrected chi connectivity index (χ2v) is 5.08. The number of aromatic nitrogens is 1. The molecule has 1 saturated carbocycles. The van der Waals surface area contributed by atoms with E-state index < -0.39 is 23.2 Å². The molecule has 0 aromatic carbocycles. The summed E-state index contributed by atoms with van der Waals surface area (Å²) < 4.78 is 13.5. The van der Waals surface area contributed by atoms with Gasteiger partial charge in [-0.15, -0.1) is 0 Å². The molecule has 1 aliphatic rings. The summed E-state index contributed by atoms with van der Waals surface area (Å²) in [5.74, 6) is -2.46. The Hall–Kier alpha value is -1.16. The highest BCUT2D eigenvalue weighted by atomic mass is 35.5. The van der Waals surface area contributed by atoms with E-state index in [0.29, 0.717) is 10.6 Å². The number of rotatable bonds is 2. The van der Waals surface area contributed by atoms with Gasteiger partial charge in [0.05, 0.1) is 10.9 Å². The van der Waals surface area contributed by atoms with E-state index in [1.165, 1.54) is 12.3 Å². The van der Waals surface area contributed by atoms with E-state index in [9.17, 15) is 9.18 Å². The fourth-order valence-electron chi connectivity index (χ4n) is 2.34. The molecule has 0 radical (unpaired) electrons. The summed E-state index contributed by atoms with van der Waals surface area (Å²) in [5, 5.41) is 9.33. The molecule has 1 aromatic heterocycles. The summed E-state index contributed by atoms with van der Waals surface area (Å²) in [5.41, 5.74) is -0.149. The molecule has 0 saturated heterocycles. The summed E-state index contributed by atoms with van der Waals surface area (Å²) in [6.45, 7) is 3.60. The van der Waals surface area contributed by atoms with Crippen LogP contribution in [-0.4, -0.2) is 16.1 Å². The van der Waals surface area contributed by atoms with Crippen LogP contribution in [0.4, 0.5) is 4.39 Å². The van der Waals surface area contributed by atoms with Gasteiger partial charge in [-0.05, 0) is 11.5 Å². The normalized spacial score (nSPS) is 26.5. The highest BCUT2D eigenvalue weighted by Gasteiger charge is 2.63. The van der Waals surface area contributed by atoms with Crippen molar-refractivity contribution >= 4 is 17.6 Å². The minimum atomic E-state index is -0.908.